The minimum atomic E-state index is -1.69. The van der Waals surface area contributed by atoms with Crippen LogP contribution in [-0.4, -0.2) is 179 Å². The Morgan fingerprint density at radius 1 is 0.692 bits per heavy atom. The molecule has 25 nitrogen and oxygen atoms in total. The van der Waals surface area contributed by atoms with Crippen LogP contribution < -0.4 is 54.0 Å². The molecule has 0 saturated heterocycles. The minimum absolute atomic E-state index is 0.0652. The number of H-pyrrole nitrogens is 1. The maximum absolute atomic E-state index is 13.5. The number of aromatic amines is 1. The molecule has 16 N–H and O–H groups in total. The molecule has 1 aromatic heterocycles. The molecule has 0 bridgehead atoms. The molecule has 0 aliphatic carbocycles. The van der Waals surface area contributed by atoms with E-state index in [0.29, 0.717) is 17.9 Å². The van der Waals surface area contributed by atoms with Crippen molar-refractivity contribution in [3.8, 4) is 0 Å². The Kier molecular flexibility index (Phi) is 25.3. The predicted octanol–water partition coefficient (Wildman–Crippen LogP) is -5.69. The van der Waals surface area contributed by atoms with Crippen molar-refractivity contribution in [1.29, 1.82) is 0 Å². The molecule has 0 spiro atoms. The first kappa shape index (κ1) is 57.7. The molecule has 1 heterocycles. The number of nitrogens with zero attached hydrogens (tertiary/aromatic N) is 1. The topological polar surface area (TPSA) is 408 Å². The number of primary amides is 1. The van der Waals surface area contributed by atoms with E-state index in [9.17, 15) is 63.3 Å². The molecule has 65 heavy (non-hydrogen) atoms. The number of aromatic nitrogens is 2. The summed E-state index contributed by atoms with van der Waals surface area (Å²) in [5, 5.41) is 48.9. The number of carbonyl (C=O) groups is 10. The normalized spacial score (nSPS) is 16.7. The zero-order valence-corrected chi connectivity index (χ0v) is 39.7. The van der Waals surface area contributed by atoms with E-state index in [1.807, 2.05) is 0 Å². The molecule has 0 aliphatic heterocycles. The minimum Gasteiger partial charge on any atom is -0.480 e. The molecular weight excluding hydrogens is 944 g/mol. The van der Waals surface area contributed by atoms with E-state index < -0.39 is 138 Å². The summed E-state index contributed by atoms with van der Waals surface area (Å²) < 4.78 is 0. The molecule has 1 rings (SSSR count). The van der Waals surface area contributed by atoms with Crippen molar-refractivity contribution in [2.45, 2.75) is 139 Å². The van der Waals surface area contributed by atoms with Crippen molar-refractivity contribution >= 4 is 86.9 Å². The van der Waals surface area contributed by atoms with E-state index >= 15 is 0 Å². The van der Waals surface area contributed by atoms with Gasteiger partial charge in [-0.05, 0) is 19.8 Å². The van der Waals surface area contributed by atoms with E-state index in [0.717, 1.165) is 0 Å². The molecule has 0 saturated carbocycles. The number of imidazole rings is 1. The van der Waals surface area contributed by atoms with Crippen LogP contribution in [0.1, 0.15) is 66.5 Å². The summed E-state index contributed by atoms with van der Waals surface area (Å²) in [6.07, 6.45) is 1.33. The standard InChI is InChI=1S/C38H63N12O13SSe/c1-8-16(2)28(36(60)47-24(38(62)63)12-26(39)53)49-37(61)29(20(6)52)50-31(55)18(4)43-32(56)22(9-10-64-7)45-34(58)25(14-65)48-30(54)17(3)44-33(57)23(11-21-13-41-15-42-21)46-35(59)27(40)19(5)51/h13,15-20,22-25,27-29,51-52H,8-12,14,40H2,1-7H3,(H2,39,53)(H,41,42)(H,43,56)(H,44,57)(H,45,58)(H,46,59)(H,47,60)(H,48,54)(H,49,61)(H,50,55)(H,62,63)/t16-,17-,18-,19+,20+,22-,23-,24-,25-,27-,28-,29-/m0/s1. The Morgan fingerprint density at radius 3 is 1.66 bits per heavy atom. The number of aliphatic hydroxyl groups excluding tert-OH is 2. The van der Waals surface area contributed by atoms with Gasteiger partial charge in [0.25, 0.3) is 0 Å². The summed E-state index contributed by atoms with van der Waals surface area (Å²) >= 11 is 3.99. The quantitative estimate of drug-likeness (QED) is 0.0333. The van der Waals surface area contributed by atoms with Gasteiger partial charge in [-0.25, -0.2) is 4.79 Å². The zero-order chi connectivity index (χ0) is 49.7. The van der Waals surface area contributed by atoms with Gasteiger partial charge < -0.3 is 31.7 Å². The molecule has 0 aliphatic rings. The summed E-state index contributed by atoms with van der Waals surface area (Å²) in [7, 11) is 0. The monoisotopic (exact) mass is 1010 g/mol. The van der Waals surface area contributed by atoms with Gasteiger partial charge in [-0.3, -0.25) is 14.4 Å². The average molecular weight is 1010 g/mol. The van der Waals surface area contributed by atoms with Gasteiger partial charge in [0.2, 0.25) is 11.8 Å². The number of aliphatic carboxylic acids is 1. The Morgan fingerprint density at radius 2 is 1.18 bits per heavy atom. The number of carboxylic acid groups (broad SMARTS) is 1. The number of rotatable bonds is 29. The van der Waals surface area contributed by atoms with Crippen molar-refractivity contribution in [2.75, 3.05) is 12.0 Å². The molecule has 365 valence electrons. The molecule has 0 aromatic carbocycles. The van der Waals surface area contributed by atoms with Gasteiger partial charge in [0.1, 0.15) is 12.1 Å². The second-order valence-electron chi connectivity index (χ2n) is 15.3. The van der Waals surface area contributed by atoms with Crippen LogP contribution in [0.2, 0.25) is 5.32 Å². The predicted molar refractivity (Wildman–Crippen MR) is 235 cm³/mol. The summed E-state index contributed by atoms with van der Waals surface area (Å²) in [5.41, 5.74) is 11.3. The van der Waals surface area contributed by atoms with E-state index in [1.54, 1.807) is 20.1 Å². The third kappa shape index (κ3) is 19.7. The third-order valence-electron chi connectivity index (χ3n) is 9.86. The Bertz CT molecular complexity index is 1810. The number of nitrogens with two attached hydrogens (primary N) is 2. The molecule has 0 unspecified atom stereocenters. The van der Waals surface area contributed by atoms with Crippen molar-refractivity contribution in [2.24, 2.45) is 17.4 Å². The smallest absolute Gasteiger partial charge is 0.480 e. The molecule has 9 amide bonds. The third-order valence-corrected chi connectivity index (χ3v) is 11.2. The number of aliphatic hydroxyl groups is 2. The van der Waals surface area contributed by atoms with E-state index in [2.05, 4.69) is 68.5 Å². The number of amides is 9. The van der Waals surface area contributed by atoms with Gasteiger partial charge in [-0.15, -0.1) is 0 Å². The van der Waals surface area contributed by atoms with Crippen molar-refractivity contribution in [3.63, 3.8) is 0 Å². The fourth-order valence-corrected chi connectivity index (χ4v) is 6.58. The number of carboxylic acids is 1. The Labute approximate surface area is 388 Å². The molecular formula is C38H63N12O13SSe. The summed E-state index contributed by atoms with van der Waals surface area (Å²) in [6, 6.07) is -12.5. The maximum atomic E-state index is 13.5. The van der Waals surface area contributed by atoms with Gasteiger partial charge in [-0.1, -0.05) is 20.3 Å². The average Bonchev–Trinajstić information content (AvgIpc) is 3.76. The summed E-state index contributed by atoms with van der Waals surface area (Å²) in [6.45, 7) is 8.34. The van der Waals surface area contributed by atoms with Gasteiger partial charge >= 0.3 is 268 Å². The van der Waals surface area contributed by atoms with Crippen LogP contribution in [0.25, 0.3) is 0 Å². The fourth-order valence-electron chi connectivity index (χ4n) is 5.62. The van der Waals surface area contributed by atoms with Crippen LogP contribution in [0.3, 0.4) is 0 Å². The summed E-state index contributed by atoms with van der Waals surface area (Å²) in [5.74, 6) is -9.79. The number of nitrogens with one attached hydrogen (secondary N) is 9. The van der Waals surface area contributed by atoms with Crippen LogP contribution in [0.5, 0.6) is 0 Å². The molecule has 27 heteroatoms. The van der Waals surface area contributed by atoms with Gasteiger partial charge in [0, 0.05) is 0 Å². The van der Waals surface area contributed by atoms with Crippen LogP contribution in [0, 0.1) is 5.92 Å². The van der Waals surface area contributed by atoms with E-state index in [-0.39, 0.29) is 18.2 Å². The summed E-state index contributed by atoms with van der Waals surface area (Å²) in [4.78, 5) is 136. The van der Waals surface area contributed by atoms with Gasteiger partial charge in [0.15, 0.2) is 0 Å². The molecule has 1 aromatic rings. The Balaban J connectivity index is 3.06. The van der Waals surface area contributed by atoms with E-state index in [1.165, 1.54) is 52.0 Å². The van der Waals surface area contributed by atoms with Crippen LogP contribution in [0.4, 0.5) is 0 Å². The van der Waals surface area contributed by atoms with Gasteiger partial charge in [-0.2, -0.15) is 0 Å². The van der Waals surface area contributed by atoms with Crippen LogP contribution in [-0.2, 0) is 54.4 Å². The molecule has 0 fully saturated rings. The molecule has 1 radical (unpaired) electrons. The first-order valence-electron chi connectivity index (χ1n) is 20.5. The van der Waals surface area contributed by atoms with Crippen molar-refractivity contribution < 1.29 is 63.3 Å². The SMILES string of the molecule is CC[C@H](C)[C@H](NC(=O)[C@@H](NC(=O)[C@H](C)NC(=O)[C@H](CCSC)NC(=O)[C@H](C[Se])NC(=O)[C@H](C)NC(=O)[C@H](Cc1cnc[nH]1)NC(=O)[C@@H](N)[C@@H](C)O)[C@@H](C)O)C(=O)N[C@@H](CC(N)=O)C(=O)O. The van der Waals surface area contributed by atoms with Gasteiger partial charge in [0.05, 0.1) is 6.42 Å². The number of hydrogen-bond acceptors (Lipinski definition) is 15. The second kappa shape index (κ2) is 28.5. The van der Waals surface area contributed by atoms with Crippen LogP contribution in [0.15, 0.2) is 12.5 Å². The second-order valence-corrected chi connectivity index (χ2v) is 17.0. The number of carbonyl (C=O) groups excluding carboxylic acids is 9. The number of thioether (sulfide) groups is 1. The van der Waals surface area contributed by atoms with Crippen molar-refractivity contribution in [3.05, 3.63) is 18.2 Å². The molecule has 12 atom stereocenters. The van der Waals surface area contributed by atoms with Crippen LogP contribution >= 0.6 is 11.8 Å². The first-order valence-corrected chi connectivity index (χ1v) is 23.1. The first-order chi connectivity index (χ1) is 30.4. The van der Waals surface area contributed by atoms with Crippen molar-refractivity contribution in [1.82, 2.24) is 52.5 Å². The number of hydrogen-bond donors (Lipinski definition) is 14. The fraction of sp³-hybridized carbons (Fsp3) is 0.658. The Hall–Kier alpha value is -5.34. The zero-order valence-electron chi connectivity index (χ0n) is 37.2. The van der Waals surface area contributed by atoms with E-state index in [4.69, 9.17) is 11.5 Å².